The summed E-state index contributed by atoms with van der Waals surface area (Å²) in [6.07, 6.45) is 2.41. The number of carbonyl (C=O) groups is 2. The van der Waals surface area contributed by atoms with Gasteiger partial charge in [-0.1, -0.05) is 20.8 Å². The van der Waals surface area contributed by atoms with Gasteiger partial charge in [0.1, 0.15) is 6.04 Å². The summed E-state index contributed by atoms with van der Waals surface area (Å²) in [6.45, 7) is 7.92. The molecule has 18 heavy (non-hydrogen) atoms. The molecule has 1 amide bonds. The third kappa shape index (κ3) is 5.04. The molecule has 0 spiro atoms. The number of carboxylic acids is 1. The molecule has 1 saturated heterocycles. The molecule has 1 aliphatic rings. The quantitative estimate of drug-likeness (QED) is 0.772. The third-order valence-electron chi connectivity index (χ3n) is 3.19. The van der Waals surface area contributed by atoms with Gasteiger partial charge in [-0.2, -0.15) is 0 Å². The minimum atomic E-state index is -0.824. The predicted octanol–water partition coefficient (Wildman–Crippen LogP) is 1.09. The smallest absolute Gasteiger partial charge is 0.320 e. The van der Waals surface area contributed by atoms with Crippen LogP contribution in [-0.4, -0.2) is 47.6 Å². The van der Waals surface area contributed by atoms with E-state index in [1.165, 1.54) is 0 Å². The number of carbonyl (C=O) groups excluding carboxylic acids is 1. The Morgan fingerprint density at radius 2 is 2.06 bits per heavy atom. The van der Waals surface area contributed by atoms with Crippen LogP contribution in [0.4, 0.5) is 0 Å². The second-order valence-electron chi connectivity index (χ2n) is 6.13. The molecule has 0 aliphatic carbocycles. The lowest BCUT2D eigenvalue weighted by Gasteiger charge is -2.21. The Morgan fingerprint density at radius 1 is 1.39 bits per heavy atom. The monoisotopic (exact) mass is 256 g/mol. The highest BCUT2D eigenvalue weighted by molar-refractivity contribution is 5.80. The van der Waals surface area contributed by atoms with E-state index in [0.29, 0.717) is 19.5 Å². The highest BCUT2D eigenvalue weighted by atomic mass is 16.4. The van der Waals surface area contributed by atoms with Crippen molar-refractivity contribution in [2.24, 2.45) is 5.41 Å². The van der Waals surface area contributed by atoms with Crippen molar-refractivity contribution in [2.45, 2.75) is 46.1 Å². The number of nitrogens with zero attached hydrogens (tertiary/aromatic N) is 1. The van der Waals surface area contributed by atoms with Gasteiger partial charge >= 0.3 is 5.97 Å². The number of hydrogen-bond donors (Lipinski definition) is 2. The second-order valence-corrected chi connectivity index (χ2v) is 6.13. The van der Waals surface area contributed by atoms with E-state index in [-0.39, 0.29) is 17.9 Å². The van der Waals surface area contributed by atoms with Crippen molar-refractivity contribution in [3.63, 3.8) is 0 Å². The van der Waals surface area contributed by atoms with Crippen molar-refractivity contribution < 1.29 is 14.7 Å². The Balaban J connectivity index is 2.29. The Hall–Kier alpha value is -1.10. The first-order valence-corrected chi connectivity index (χ1v) is 6.53. The summed E-state index contributed by atoms with van der Waals surface area (Å²) < 4.78 is 0. The molecule has 1 rings (SSSR count). The normalized spacial score (nSPS) is 20.9. The average Bonchev–Trinajstić information content (AvgIpc) is 2.63. The maximum atomic E-state index is 11.7. The maximum absolute atomic E-state index is 11.7. The largest absolute Gasteiger partial charge is 0.480 e. The second kappa shape index (κ2) is 6.18. The van der Waals surface area contributed by atoms with Crippen molar-refractivity contribution >= 4 is 11.9 Å². The zero-order valence-electron chi connectivity index (χ0n) is 11.5. The van der Waals surface area contributed by atoms with Gasteiger partial charge in [-0.25, -0.2) is 0 Å². The number of amides is 1. The zero-order valence-corrected chi connectivity index (χ0v) is 11.5. The van der Waals surface area contributed by atoms with Crippen LogP contribution in [0.3, 0.4) is 0 Å². The van der Waals surface area contributed by atoms with E-state index in [1.54, 1.807) is 4.90 Å². The fourth-order valence-electron chi connectivity index (χ4n) is 2.11. The number of hydrogen-bond acceptors (Lipinski definition) is 3. The fourth-order valence-corrected chi connectivity index (χ4v) is 2.11. The van der Waals surface area contributed by atoms with E-state index in [0.717, 1.165) is 12.8 Å². The van der Waals surface area contributed by atoms with Crippen LogP contribution < -0.4 is 5.32 Å². The molecule has 5 nitrogen and oxygen atoms in total. The summed E-state index contributed by atoms with van der Waals surface area (Å²) in [5.74, 6) is -0.901. The molecule has 104 valence electrons. The highest BCUT2D eigenvalue weighted by Gasteiger charge is 2.31. The first kappa shape index (κ1) is 15.0. The highest BCUT2D eigenvalue weighted by Crippen LogP contribution is 2.18. The van der Waals surface area contributed by atoms with Crippen molar-refractivity contribution in [3.05, 3.63) is 0 Å². The SMILES string of the molecule is CC(C)(C)CCNC(=O)CN1CCC[C@@H]1C(=O)O. The maximum Gasteiger partial charge on any atom is 0.320 e. The topological polar surface area (TPSA) is 69.6 Å². The van der Waals surface area contributed by atoms with Gasteiger partial charge in [0.15, 0.2) is 0 Å². The zero-order chi connectivity index (χ0) is 13.8. The molecule has 1 aliphatic heterocycles. The molecule has 0 aromatic rings. The van der Waals surface area contributed by atoms with Gasteiger partial charge < -0.3 is 10.4 Å². The molecule has 1 fully saturated rings. The summed E-state index contributed by atoms with van der Waals surface area (Å²) in [6, 6.07) is -0.488. The van der Waals surface area contributed by atoms with Gasteiger partial charge in [-0.3, -0.25) is 14.5 Å². The Kier molecular flexibility index (Phi) is 5.14. The molecule has 1 heterocycles. The summed E-state index contributed by atoms with van der Waals surface area (Å²) in [5, 5.41) is 11.9. The molecular weight excluding hydrogens is 232 g/mol. The first-order chi connectivity index (χ1) is 8.29. The van der Waals surface area contributed by atoms with Gasteiger partial charge in [-0.15, -0.1) is 0 Å². The number of carboxylic acid groups (broad SMARTS) is 1. The first-order valence-electron chi connectivity index (χ1n) is 6.53. The van der Waals surface area contributed by atoms with Crippen LogP contribution in [-0.2, 0) is 9.59 Å². The molecule has 0 aromatic carbocycles. The van der Waals surface area contributed by atoms with E-state index >= 15 is 0 Å². The van der Waals surface area contributed by atoms with Gasteiger partial charge in [-0.05, 0) is 31.2 Å². The van der Waals surface area contributed by atoms with Crippen LogP contribution >= 0.6 is 0 Å². The molecule has 0 radical (unpaired) electrons. The van der Waals surface area contributed by atoms with E-state index < -0.39 is 12.0 Å². The van der Waals surface area contributed by atoms with E-state index in [9.17, 15) is 9.59 Å². The molecule has 1 atom stereocenters. The van der Waals surface area contributed by atoms with Crippen LogP contribution in [0.5, 0.6) is 0 Å². The summed E-state index contributed by atoms with van der Waals surface area (Å²) >= 11 is 0. The number of nitrogens with one attached hydrogen (secondary N) is 1. The minimum Gasteiger partial charge on any atom is -0.480 e. The molecule has 0 unspecified atom stereocenters. The molecule has 0 aromatic heterocycles. The summed E-state index contributed by atoms with van der Waals surface area (Å²) in [4.78, 5) is 24.4. The average molecular weight is 256 g/mol. The Bertz CT molecular complexity index is 310. The Morgan fingerprint density at radius 3 is 2.61 bits per heavy atom. The van der Waals surface area contributed by atoms with Crippen LogP contribution in [0.2, 0.25) is 0 Å². The van der Waals surface area contributed by atoms with Gasteiger partial charge in [0.05, 0.1) is 6.54 Å². The van der Waals surface area contributed by atoms with Gasteiger partial charge in [0, 0.05) is 6.54 Å². The minimum absolute atomic E-state index is 0.0765. The van der Waals surface area contributed by atoms with Gasteiger partial charge in [0.2, 0.25) is 5.91 Å². The predicted molar refractivity (Wildman–Crippen MR) is 69.3 cm³/mol. The summed E-state index contributed by atoms with van der Waals surface area (Å²) in [7, 11) is 0. The third-order valence-corrected chi connectivity index (χ3v) is 3.19. The fraction of sp³-hybridized carbons (Fsp3) is 0.846. The number of likely N-dealkylation sites (tertiary alicyclic amines) is 1. The summed E-state index contributed by atoms with van der Waals surface area (Å²) in [5.41, 5.74) is 0.199. The van der Waals surface area contributed by atoms with Crippen molar-refractivity contribution in [1.82, 2.24) is 10.2 Å². The number of aliphatic carboxylic acids is 1. The molecular formula is C13H24N2O3. The van der Waals surface area contributed by atoms with Crippen molar-refractivity contribution in [1.29, 1.82) is 0 Å². The lowest BCUT2D eigenvalue weighted by molar-refractivity contribution is -0.142. The lowest BCUT2D eigenvalue weighted by Crippen LogP contribution is -2.43. The number of rotatable bonds is 5. The van der Waals surface area contributed by atoms with E-state index in [4.69, 9.17) is 5.11 Å². The molecule has 0 bridgehead atoms. The van der Waals surface area contributed by atoms with E-state index in [1.807, 2.05) is 0 Å². The Labute approximate surface area is 109 Å². The molecule has 5 heteroatoms. The van der Waals surface area contributed by atoms with Crippen LogP contribution in [0.25, 0.3) is 0 Å². The van der Waals surface area contributed by atoms with Crippen LogP contribution in [0.15, 0.2) is 0 Å². The van der Waals surface area contributed by atoms with Crippen LogP contribution in [0.1, 0.15) is 40.0 Å². The van der Waals surface area contributed by atoms with Crippen molar-refractivity contribution in [3.8, 4) is 0 Å². The standard InChI is InChI=1S/C13H24N2O3/c1-13(2,3)6-7-14-11(16)9-15-8-4-5-10(15)12(17)18/h10H,4-9H2,1-3H3,(H,14,16)(H,17,18)/t10-/m1/s1. The van der Waals surface area contributed by atoms with E-state index in [2.05, 4.69) is 26.1 Å². The van der Waals surface area contributed by atoms with Crippen molar-refractivity contribution in [2.75, 3.05) is 19.6 Å². The van der Waals surface area contributed by atoms with Gasteiger partial charge in [0.25, 0.3) is 0 Å². The van der Waals surface area contributed by atoms with Crippen LogP contribution in [0, 0.1) is 5.41 Å². The molecule has 2 N–H and O–H groups in total. The lowest BCUT2D eigenvalue weighted by atomic mass is 9.92. The molecule has 0 saturated carbocycles.